The average molecular weight is 236 g/mol. The number of hydrogen-bond acceptors (Lipinski definition) is 3. The van der Waals surface area contributed by atoms with Gasteiger partial charge in [-0.05, 0) is 18.8 Å². The fourth-order valence-electron chi connectivity index (χ4n) is 2.40. The van der Waals surface area contributed by atoms with Crippen molar-refractivity contribution < 1.29 is 0 Å². The summed E-state index contributed by atoms with van der Waals surface area (Å²) in [5, 5.41) is 7.90. The van der Waals surface area contributed by atoms with Crippen LogP contribution < -0.4 is 11.1 Å². The Bertz CT molecular complexity index is 366. The van der Waals surface area contributed by atoms with Crippen LogP contribution in [0.2, 0.25) is 0 Å². The predicted octanol–water partition coefficient (Wildman–Crippen LogP) is 2.56. The molecular weight excluding hydrogens is 212 g/mol. The maximum Gasteiger partial charge on any atom is 0.147 e. The van der Waals surface area contributed by atoms with Crippen molar-refractivity contribution in [1.82, 2.24) is 9.78 Å². The molecule has 1 fully saturated rings. The van der Waals surface area contributed by atoms with Crippen molar-refractivity contribution in [3.05, 3.63) is 5.69 Å². The van der Waals surface area contributed by atoms with Gasteiger partial charge in [0.05, 0.1) is 11.4 Å². The Labute approximate surface area is 104 Å². The summed E-state index contributed by atoms with van der Waals surface area (Å²) < 4.78 is 1.88. The first-order valence-corrected chi connectivity index (χ1v) is 6.77. The zero-order valence-corrected chi connectivity index (χ0v) is 11.0. The van der Waals surface area contributed by atoms with E-state index in [4.69, 9.17) is 5.73 Å². The van der Waals surface area contributed by atoms with Crippen LogP contribution in [0.25, 0.3) is 0 Å². The van der Waals surface area contributed by atoms with E-state index >= 15 is 0 Å². The number of nitrogens with one attached hydrogen (secondary N) is 1. The highest BCUT2D eigenvalue weighted by molar-refractivity contribution is 5.64. The summed E-state index contributed by atoms with van der Waals surface area (Å²) in [6.45, 7) is 3.16. The Morgan fingerprint density at radius 2 is 2.24 bits per heavy atom. The number of aryl methyl sites for hydroxylation is 2. The minimum atomic E-state index is 0.836. The lowest BCUT2D eigenvalue weighted by Gasteiger charge is -2.25. The van der Waals surface area contributed by atoms with Gasteiger partial charge in [-0.25, -0.2) is 0 Å². The van der Waals surface area contributed by atoms with Gasteiger partial charge >= 0.3 is 0 Å². The van der Waals surface area contributed by atoms with Gasteiger partial charge < -0.3 is 11.1 Å². The number of nitrogens with zero attached hydrogens (tertiary/aromatic N) is 2. The molecular formula is C13H24N4. The zero-order valence-electron chi connectivity index (χ0n) is 11.0. The van der Waals surface area contributed by atoms with Crippen LogP contribution in [0.5, 0.6) is 0 Å². The molecule has 0 spiro atoms. The van der Waals surface area contributed by atoms with Crippen LogP contribution in [0.4, 0.5) is 11.5 Å². The molecule has 3 N–H and O–H groups in total. The number of aromatic nitrogens is 2. The molecule has 1 heterocycles. The second-order valence-corrected chi connectivity index (χ2v) is 5.09. The number of rotatable bonds is 6. The summed E-state index contributed by atoms with van der Waals surface area (Å²) in [5.74, 6) is 1.93. The van der Waals surface area contributed by atoms with E-state index in [9.17, 15) is 0 Å². The SMILES string of the molecule is CCCc1nn(C)c(NCCC2CCC2)c1N. The van der Waals surface area contributed by atoms with E-state index in [1.807, 2.05) is 11.7 Å². The van der Waals surface area contributed by atoms with Gasteiger partial charge in [0.1, 0.15) is 5.82 Å². The van der Waals surface area contributed by atoms with Gasteiger partial charge in [-0.1, -0.05) is 32.6 Å². The van der Waals surface area contributed by atoms with Crippen LogP contribution in [0.3, 0.4) is 0 Å². The lowest BCUT2D eigenvalue weighted by atomic mass is 9.83. The monoisotopic (exact) mass is 236 g/mol. The van der Waals surface area contributed by atoms with Crippen molar-refractivity contribution in [2.24, 2.45) is 13.0 Å². The largest absolute Gasteiger partial charge is 0.394 e. The molecule has 4 heteroatoms. The highest BCUT2D eigenvalue weighted by Crippen LogP contribution is 2.29. The Kier molecular flexibility index (Phi) is 3.92. The number of hydrogen-bond donors (Lipinski definition) is 2. The van der Waals surface area contributed by atoms with E-state index in [-0.39, 0.29) is 0 Å². The van der Waals surface area contributed by atoms with E-state index in [0.717, 1.165) is 42.5 Å². The van der Waals surface area contributed by atoms with Crippen LogP contribution in [0, 0.1) is 5.92 Å². The van der Waals surface area contributed by atoms with Crippen LogP contribution in [-0.4, -0.2) is 16.3 Å². The Morgan fingerprint density at radius 3 is 2.82 bits per heavy atom. The molecule has 0 atom stereocenters. The fraction of sp³-hybridized carbons (Fsp3) is 0.769. The zero-order chi connectivity index (χ0) is 12.3. The van der Waals surface area contributed by atoms with Crippen molar-refractivity contribution >= 4 is 11.5 Å². The molecule has 0 bridgehead atoms. The fourth-order valence-corrected chi connectivity index (χ4v) is 2.40. The molecule has 96 valence electrons. The molecule has 2 rings (SSSR count). The molecule has 4 nitrogen and oxygen atoms in total. The third-order valence-corrected chi connectivity index (χ3v) is 3.72. The lowest BCUT2D eigenvalue weighted by molar-refractivity contribution is 0.303. The first kappa shape index (κ1) is 12.3. The number of nitrogen functional groups attached to an aromatic ring is 1. The van der Waals surface area contributed by atoms with Gasteiger partial charge in [0, 0.05) is 13.6 Å². The molecule has 0 saturated heterocycles. The third kappa shape index (κ3) is 2.73. The molecule has 1 aliphatic rings. The van der Waals surface area contributed by atoms with Crippen molar-refractivity contribution in [3.63, 3.8) is 0 Å². The van der Waals surface area contributed by atoms with Gasteiger partial charge in [0.25, 0.3) is 0 Å². The molecule has 17 heavy (non-hydrogen) atoms. The molecule has 0 aliphatic heterocycles. The molecule has 0 aromatic carbocycles. The average Bonchev–Trinajstić information content (AvgIpc) is 2.49. The van der Waals surface area contributed by atoms with E-state index in [1.54, 1.807) is 0 Å². The minimum absolute atomic E-state index is 0.836. The maximum absolute atomic E-state index is 6.11. The molecule has 1 aromatic rings. The molecule has 1 aromatic heterocycles. The standard InChI is InChI=1S/C13H24N4/c1-3-5-11-12(14)13(17(2)16-11)15-9-8-10-6-4-7-10/h10,15H,3-9,14H2,1-2H3. The lowest BCUT2D eigenvalue weighted by Crippen LogP contribution is -2.16. The molecule has 1 aliphatic carbocycles. The maximum atomic E-state index is 6.11. The Morgan fingerprint density at radius 1 is 1.47 bits per heavy atom. The van der Waals surface area contributed by atoms with Gasteiger partial charge in [0.2, 0.25) is 0 Å². The van der Waals surface area contributed by atoms with Gasteiger partial charge in [-0.15, -0.1) is 0 Å². The summed E-state index contributed by atoms with van der Waals surface area (Å²) in [5.41, 5.74) is 7.97. The van der Waals surface area contributed by atoms with E-state index in [2.05, 4.69) is 17.3 Å². The molecule has 0 unspecified atom stereocenters. The first-order valence-electron chi connectivity index (χ1n) is 6.77. The third-order valence-electron chi connectivity index (χ3n) is 3.72. The van der Waals surface area contributed by atoms with Gasteiger partial charge in [0.15, 0.2) is 0 Å². The highest BCUT2D eigenvalue weighted by atomic mass is 15.3. The molecule has 1 saturated carbocycles. The Hall–Kier alpha value is -1.19. The predicted molar refractivity (Wildman–Crippen MR) is 72.1 cm³/mol. The van der Waals surface area contributed by atoms with Crippen LogP contribution in [0.1, 0.15) is 44.7 Å². The van der Waals surface area contributed by atoms with Crippen LogP contribution in [-0.2, 0) is 13.5 Å². The van der Waals surface area contributed by atoms with Crippen LogP contribution >= 0.6 is 0 Å². The van der Waals surface area contributed by atoms with Gasteiger partial charge in [-0.2, -0.15) is 5.10 Å². The summed E-state index contributed by atoms with van der Waals surface area (Å²) in [6.07, 6.45) is 7.53. The quantitative estimate of drug-likeness (QED) is 0.798. The van der Waals surface area contributed by atoms with E-state index in [0.29, 0.717) is 0 Å². The summed E-state index contributed by atoms with van der Waals surface area (Å²) in [7, 11) is 1.96. The molecule has 0 amide bonds. The number of anilines is 2. The topological polar surface area (TPSA) is 55.9 Å². The first-order chi connectivity index (χ1) is 8.22. The van der Waals surface area contributed by atoms with Crippen molar-refractivity contribution in [1.29, 1.82) is 0 Å². The van der Waals surface area contributed by atoms with Crippen molar-refractivity contribution in [2.75, 3.05) is 17.6 Å². The molecule has 0 radical (unpaired) electrons. The summed E-state index contributed by atoms with van der Waals surface area (Å²) in [4.78, 5) is 0. The second kappa shape index (κ2) is 5.43. The minimum Gasteiger partial charge on any atom is -0.394 e. The summed E-state index contributed by atoms with van der Waals surface area (Å²) >= 11 is 0. The van der Waals surface area contributed by atoms with Crippen LogP contribution in [0.15, 0.2) is 0 Å². The summed E-state index contributed by atoms with van der Waals surface area (Å²) in [6, 6.07) is 0. The smallest absolute Gasteiger partial charge is 0.147 e. The normalized spacial score (nSPS) is 15.9. The second-order valence-electron chi connectivity index (χ2n) is 5.09. The highest BCUT2D eigenvalue weighted by Gasteiger charge is 2.17. The number of nitrogens with two attached hydrogens (primary N) is 1. The van der Waals surface area contributed by atoms with Crippen molar-refractivity contribution in [3.8, 4) is 0 Å². The van der Waals surface area contributed by atoms with Gasteiger partial charge in [-0.3, -0.25) is 4.68 Å². The Balaban J connectivity index is 1.89. The van der Waals surface area contributed by atoms with E-state index in [1.165, 1.54) is 25.7 Å². The van der Waals surface area contributed by atoms with Crippen molar-refractivity contribution in [2.45, 2.75) is 45.4 Å². The van der Waals surface area contributed by atoms with E-state index < -0.39 is 0 Å².